The van der Waals surface area contributed by atoms with Gasteiger partial charge < -0.3 is 15.2 Å². The largest absolute Gasteiger partial charge is 0.480 e. The number of carboxylic acids is 1. The third-order valence-electron chi connectivity index (χ3n) is 3.96. The molecule has 1 aliphatic heterocycles. The van der Waals surface area contributed by atoms with E-state index in [0.717, 1.165) is 0 Å². The third kappa shape index (κ3) is 5.41. The molecule has 0 aliphatic carbocycles. The number of carbonyl (C=O) groups excluding carboxylic acids is 2. The topological polar surface area (TPSA) is 95.9 Å². The lowest BCUT2D eigenvalue weighted by molar-refractivity contribution is -0.144. The van der Waals surface area contributed by atoms with Crippen LogP contribution in [-0.4, -0.2) is 52.2 Å². The van der Waals surface area contributed by atoms with E-state index >= 15 is 0 Å². The van der Waals surface area contributed by atoms with Crippen molar-refractivity contribution >= 4 is 18.0 Å². The second-order valence-corrected chi connectivity index (χ2v) is 7.04. The predicted molar refractivity (Wildman–Crippen MR) is 85.0 cm³/mol. The molecule has 0 aromatic carbocycles. The minimum absolute atomic E-state index is 0.187. The summed E-state index contributed by atoms with van der Waals surface area (Å²) in [4.78, 5) is 37.3. The number of amides is 2. The van der Waals surface area contributed by atoms with Crippen LogP contribution in [0.3, 0.4) is 0 Å². The van der Waals surface area contributed by atoms with Crippen molar-refractivity contribution in [2.24, 2.45) is 5.92 Å². The van der Waals surface area contributed by atoms with Crippen LogP contribution in [0.4, 0.5) is 4.79 Å². The molecule has 2 N–H and O–H groups in total. The Hall–Kier alpha value is -1.79. The fraction of sp³-hybridized carbons (Fsp3) is 0.812. The van der Waals surface area contributed by atoms with Crippen molar-refractivity contribution in [1.82, 2.24) is 10.2 Å². The summed E-state index contributed by atoms with van der Waals surface area (Å²) in [5.41, 5.74) is -0.638. The number of carbonyl (C=O) groups is 3. The molecule has 0 saturated carbocycles. The first-order valence-corrected chi connectivity index (χ1v) is 8.09. The summed E-state index contributed by atoms with van der Waals surface area (Å²) < 4.78 is 5.31. The van der Waals surface area contributed by atoms with Crippen molar-refractivity contribution in [1.29, 1.82) is 0 Å². The molecule has 1 saturated heterocycles. The van der Waals surface area contributed by atoms with Gasteiger partial charge in [-0.1, -0.05) is 20.3 Å². The number of hydrogen-bond acceptors (Lipinski definition) is 4. The summed E-state index contributed by atoms with van der Waals surface area (Å²) in [7, 11) is 0. The van der Waals surface area contributed by atoms with E-state index in [1.54, 1.807) is 27.7 Å². The summed E-state index contributed by atoms with van der Waals surface area (Å²) in [6.07, 6.45) is 1.30. The summed E-state index contributed by atoms with van der Waals surface area (Å²) in [5, 5.41) is 11.8. The van der Waals surface area contributed by atoms with Gasteiger partial charge >= 0.3 is 12.1 Å². The molecule has 2 amide bonds. The molecule has 1 heterocycles. The van der Waals surface area contributed by atoms with Crippen LogP contribution in [0.5, 0.6) is 0 Å². The van der Waals surface area contributed by atoms with Crippen LogP contribution in [0.2, 0.25) is 0 Å². The predicted octanol–water partition coefficient (Wildman–Crippen LogP) is 2.00. The molecule has 3 atom stereocenters. The van der Waals surface area contributed by atoms with Crippen LogP contribution in [0.15, 0.2) is 0 Å². The second-order valence-electron chi connectivity index (χ2n) is 7.04. The standard InChI is InChI=1S/C16H28N2O5/c1-6-10(2)12(14(20)21)17-13(19)11-8-7-9-18(11)15(22)23-16(3,4)5/h10-12H,6-9H2,1-5H3,(H,17,19)(H,20,21)/t10-,11-,12-/m0/s1. The zero-order valence-corrected chi connectivity index (χ0v) is 14.6. The quantitative estimate of drug-likeness (QED) is 0.805. The third-order valence-corrected chi connectivity index (χ3v) is 3.96. The monoisotopic (exact) mass is 328 g/mol. The highest BCUT2D eigenvalue weighted by Gasteiger charge is 2.38. The van der Waals surface area contributed by atoms with Crippen LogP contribution in [0, 0.1) is 5.92 Å². The zero-order chi connectivity index (χ0) is 17.8. The van der Waals surface area contributed by atoms with E-state index in [4.69, 9.17) is 4.74 Å². The number of rotatable bonds is 5. The van der Waals surface area contributed by atoms with Gasteiger partial charge in [-0.25, -0.2) is 9.59 Å². The van der Waals surface area contributed by atoms with Gasteiger partial charge in [-0.2, -0.15) is 0 Å². The normalized spacial score (nSPS) is 20.7. The Kier molecular flexibility index (Phi) is 6.41. The smallest absolute Gasteiger partial charge is 0.410 e. The average Bonchev–Trinajstić information content (AvgIpc) is 2.91. The summed E-state index contributed by atoms with van der Waals surface area (Å²) in [5.74, 6) is -1.68. The maximum absolute atomic E-state index is 12.4. The van der Waals surface area contributed by atoms with E-state index in [1.165, 1.54) is 4.90 Å². The van der Waals surface area contributed by atoms with Crippen LogP contribution < -0.4 is 5.32 Å². The highest BCUT2D eigenvalue weighted by Crippen LogP contribution is 2.21. The molecular formula is C16H28N2O5. The maximum atomic E-state index is 12.4. The Bertz CT molecular complexity index is 458. The van der Waals surface area contributed by atoms with Crippen molar-refractivity contribution in [3.8, 4) is 0 Å². The van der Waals surface area contributed by atoms with Crippen molar-refractivity contribution < 1.29 is 24.2 Å². The Morgan fingerprint density at radius 2 is 1.96 bits per heavy atom. The van der Waals surface area contributed by atoms with E-state index in [9.17, 15) is 19.5 Å². The van der Waals surface area contributed by atoms with Gasteiger partial charge in [-0.3, -0.25) is 9.69 Å². The molecule has 0 aromatic heterocycles. The summed E-state index contributed by atoms with van der Waals surface area (Å²) in [6, 6.07) is -1.62. The van der Waals surface area contributed by atoms with Gasteiger partial charge in [0.05, 0.1) is 0 Å². The van der Waals surface area contributed by atoms with Gasteiger partial charge in [0, 0.05) is 6.54 Å². The van der Waals surface area contributed by atoms with Crippen LogP contribution in [0.1, 0.15) is 53.9 Å². The number of aliphatic carboxylic acids is 1. The molecule has 0 unspecified atom stereocenters. The Morgan fingerprint density at radius 1 is 1.35 bits per heavy atom. The SMILES string of the molecule is CC[C@H](C)[C@H](NC(=O)[C@@H]1CCCN1C(=O)OC(C)(C)C)C(=O)O. The molecule has 132 valence electrons. The van der Waals surface area contributed by atoms with Crippen LogP contribution in [-0.2, 0) is 14.3 Å². The molecule has 0 aromatic rings. The number of hydrogen-bond donors (Lipinski definition) is 2. The van der Waals surface area contributed by atoms with Gasteiger partial charge in [0.2, 0.25) is 5.91 Å². The number of ether oxygens (including phenoxy) is 1. The molecule has 0 bridgehead atoms. The van der Waals surface area contributed by atoms with Crippen molar-refractivity contribution in [3.63, 3.8) is 0 Å². The van der Waals surface area contributed by atoms with E-state index in [1.807, 2.05) is 6.92 Å². The fourth-order valence-electron chi connectivity index (χ4n) is 2.51. The zero-order valence-electron chi connectivity index (χ0n) is 14.6. The fourth-order valence-corrected chi connectivity index (χ4v) is 2.51. The highest BCUT2D eigenvalue weighted by molar-refractivity contribution is 5.89. The molecule has 7 nitrogen and oxygen atoms in total. The van der Waals surface area contributed by atoms with Crippen molar-refractivity contribution in [2.45, 2.75) is 71.6 Å². The molecule has 1 fully saturated rings. The minimum atomic E-state index is -1.06. The first kappa shape index (κ1) is 19.3. The first-order chi connectivity index (χ1) is 10.6. The first-order valence-electron chi connectivity index (χ1n) is 8.09. The van der Waals surface area contributed by atoms with Gasteiger partial charge in [-0.15, -0.1) is 0 Å². The van der Waals surface area contributed by atoms with Gasteiger partial charge in [-0.05, 0) is 39.5 Å². The second kappa shape index (κ2) is 7.66. The summed E-state index contributed by atoms with van der Waals surface area (Å²) >= 11 is 0. The number of likely N-dealkylation sites (tertiary alicyclic amines) is 1. The lowest BCUT2D eigenvalue weighted by Crippen LogP contribution is -2.53. The van der Waals surface area contributed by atoms with Crippen LogP contribution in [0.25, 0.3) is 0 Å². The number of nitrogens with one attached hydrogen (secondary N) is 1. The maximum Gasteiger partial charge on any atom is 0.410 e. The average molecular weight is 328 g/mol. The van der Waals surface area contributed by atoms with E-state index in [-0.39, 0.29) is 5.92 Å². The Labute approximate surface area is 137 Å². The Balaban J connectivity index is 2.77. The van der Waals surface area contributed by atoms with E-state index in [0.29, 0.717) is 25.8 Å². The molecular weight excluding hydrogens is 300 g/mol. The highest BCUT2D eigenvalue weighted by atomic mass is 16.6. The molecule has 1 aliphatic rings. The van der Waals surface area contributed by atoms with E-state index in [2.05, 4.69) is 5.32 Å². The molecule has 0 radical (unpaired) electrons. The molecule has 0 spiro atoms. The molecule has 23 heavy (non-hydrogen) atoms. The summed E-state index contributed by atoms with van der Waals surface area (Å²) in [6.45, 7) is 9.38. The van der Waals surface area contributed by atoms with Gasteiger partial charge in [0.15, 0.2) is 0 Å². The number of nitrogens with zero attached hydrogens (tertiary/aromatic N) is 1. The minimum Gasteiger partial charge on any atom is -0.480 e. The van der Waals surface area contributed by atoms with Crippen molar-refractivity contribution in [2.75, 3.05) is 6.54 Å². The Morgan fingerprint density at radius 3 is 2.43 bits per heavy atom. The van der Waals surface area contributed by atoms with Crippen LogP contribution >= 0.6 is 0 Å². The van der Waals surface area contributed by atoms with E-state index < -0.39 is 35.7 Å². The lowest BCUT2D eigenvalue weighted by Gasteiger charge is -2.29. The van der Waals surface area contributed by atoms with Gasteiger partial charge in [0.1, 0.15) is 17.7 Å². The number of carboxylic acid groups (broad SMARTS) is 1. The molecule has 7 heteroatoms. The lowest BCUT2D eigenvalue weighted by atomic mass is 9.99. The molecule has 1 rings (SSSR count). The van der Waals surface area contributed by atoms with Crippen molar-refractivity contribution in [3.05, 3.63) is 0 Å². The van der Waals surface area contributed by atoms with Gasteiger partial charge in [0.25, 0.3) is 0 Å².